The first kappa shape index (κ1) is 15.7. The molecule has 1 aromatic rings. The second kappa shape index (κ2) is 5.97. The van der Waals surface area contributed by atoms with E-state index in [1.807, 2.05) is 0 Å². The fraction of sp³-hybridized carbons (Fsp3) is 0.400. The molecule has 1 N–H and O–H groups in total. The van der Waals surface area contributed by atoms with Crippen molar-refractivity contribution in [1.82, 2.24) is 0 Å². The van der Waals surface area contributed by atoms with Crippen LogP contribution in [0.4, 0.5) is 5.69 Å². The average Bonchev–Trinajstić information content (AvgIpc) is 2.24. The summed E-state index contributed by atoms with van der Waals surface area (Å²) in [5.41, 5.74) is 6.10. The van der Waals surface area contributed by atoms with Crippen molar-refractivity contribution in [1.29, 1.82) is 0 Å². The van der Waals surface area contributed by atoms with E-state index in [0.717, 1.165) is 18.6 Å². The molecule has 1 aliphatic rings. The molecular formula is C15H17Cl3N2. The zero-order chi connectivity index (χ0) is 14.9. The Bertz CT molecular complexity index is 566. The van der Waals surface area contributed by atoms with Gasteiger partial charge in [-0.1, -0.05) is 54.2 Å². The van der Waals surface area contributed by atoms with Gasteiger partial charge in [0.2, 0.25) is 0 Å². The quantitative estimate of drug-likeness (QED) is 0.643. The normalized spacial score (nSPS) is 19.9. The van der Waals surface area contributed by atoms with Gasteiger partial charge in [0, 0.05) is 5.02 Å². The molecule has 0 saturated heterocycles. The number of benzene rings is 1. The van der Waals surface area contributed by atoms with Crippen LogP contribution in [0.25, 0.3) is 0 Å². The monoisotopic (exact) mass is 330 g/mol. The first-order valence-corrected chi connectivity index (χ1v) is 7.54. The topological polar surface area (TPSA) is 24.4 Å². The summed E-state index contributed by atoms with van der Waals surface area (Å²) < 4.78 is 0. The lowest BCUT2D eigenvalue weighted by atomic mass is 9.77. The number of allylic oxidation sites excluding steroid dienone is 2. The van der Waals surface area contributed by atoms with Gasteiger partial charge >= 0.3 is 0 Å². The first-order chi connectivity index (χ1) is 9.27. The van der Waals surface area contributed by atoms with E-state index in [1.165, 1.54) is 5.57 Å². The number of nitrogens with zero attached hydrogens (tertiary/aromatic N) is 1. The number of rotatable bonds is 2. The van der Waals surface area contributed by atoms with Gasteiger partial charge in [-0.3, -0.25) is 5.43 Å². The van der Waals surface area contributed by atoms with E-state index >= 15 is 0 Å². The Morgan fingerprint density at radius 3 is 2.25 bits per heavy atom. The summed E-state index contributed by atoms with van der Waals surface area (Å²) in [6.07, 6.45) is 4.12. The van der Waals surface area contributed by atoms with E-state index in [4.69, 9.17) is 34.8 Å². The van der Waals surface area contributed by atoms with Gasteiger partial charge in [-0.05, 0) is 43.4 Å². The zero-order valence-electron chi connectivity index (χ0n) is 11.7. The van der Waals surface area contributed by atoms with E-state index in [2.05, 4.69) is 37.4 Å². The molecule has 0 radical (unpaired) electrons. The highest BCUT2D eigenvalue weighted by Gasteiger charge is 2.24. The van der Waals surface area contributed by atoms with Gasteiger partial charge in [0.05, 0.1) is 21.4 Å². The Morgan fingerprint density at radius 1 is 1.10 bits per heavy atom. The van der Waals surface area contributed by atoms with Gasteiger partial charge in [0.1, 0.15) is 0 Å². The van der Waals surface area contributed by atoms with Crippen molar-refractivity contribution in [3.05, 3.63) is 38.8 Å². The minimum absolute atomic E-state index is 0.229. The van der Waals surface area contributed by atoms with Crippen LogP contribution in [-0.2, 0) is 0 Å². The van der Waals surface area contributed by atoms with Gasteiger partial charge in [-0.15, -0.1) is 0 Å². The molecule has 1 aliphatic carbocycles. The molecule has 2 rings (SSSR count). The molecule has 0 fully saturated rings. The Labute approximate surface area is 134 Å². The third-order valence-corrected chi connectivity index (χ3v) is 3.96. The number of hydrogen-bond donors (Lipinski definition) is 1. The molecule has 0 amide bonds. The molecule has 0 bridgehead atoms. The third-order valence-electron chi connectivity index (χ3n) is 3.15. The molecule has 1 aromatic carbocycles. The minimum atomic E-state index is 0.229. The molecule has 2 nitrogen and oxygen atoms in total. The molecule has 0 unspecified atom stereocenters. The number of halogens is 3. The lowest BCUT2D eigenvalue weighted by Crippen LogP contribution is -2.21. The van der Waals surface area contributed by atoms with Crippen molar-refractivity contribution in [2.24, 2.45) is 10.5 Å². The van der Waals surface area contributed by atoms with Gasteiger partial charge in [0.25, 0.3) is 0 Å². The van der Waals surface area contributed by atoms with Crippen LogP contribution in [0.3, 0.4) is 0 Å². The lowest BCUT2D eigenvalue weighted by molar-refractivity contribution is 0.373. The highest BCUT2D eigenvalue weighted by molar-refractivity contribution is 6.41. The SMILES string of the molecule is CC1=C/C(=N/Nc2c(Cl)cc(Cl)cc2Cl)CC(C)(C)C1. The van der Waals surface area contributed by atoms with Crippen LogP contribution >= 0.6 is 34.8 Å². The molecule has 0 saturated carbocycles. The molecule has 0 spiro atoms. The van der Waals surface area contributed by atoms with E-state index in [1.54, 1.807) is 12.1 Å². The van der Waals surface area contributed by atoms with Gasteiger partial charge in [0.15, 0.2) is 0 Å². The third kappa shape index (κ3) is 3.91. The zero-order valence-corrected chi connectivity index (χ0v) is 14.0. The van der Waals surface area contributed by atoms with Crippen LogP contribution in [0.2, 0.25) is 15.1 Å². The van der Waals surface area contributed by atoms with E-state index in [9.17, 15) is 0 Å². The van der Waals surface area contributed by atoms with Crippen LogP contribution in [-0.4, -0.2) is 5.71 Å². The number of nitrogens with one attached hydrogen (secondary N) is 1. The van der Waals surface area contributed by atoms with Crippen molar-refractivity contribution < 1.29 is 0 Å². The summed E-state index contributed by atoms with van der Waals surface area (Å²) in [7, 11) is 0. The predicted octanol–water partition coefficient (Wildman–Crippen LogP) is 6.18. The fourth-order valence-corrected chi connectivity index (χ4v) is 3.44. The lowest BCUT2D eigenvalue weighted by Gasteiger charge is -2.29. The number of anilines is 1. The largest absolute Gasteiger partial charge is 0.275 e. The smallest absolute Gasteiger partial charge is 0.0935 e. The maximum Gasteiger partial charge on any atom is 0.0935 e. The highest BCUT2D eigenvalue weighted by atomic mass is 35.5. The van der Waals surface area contributed by atoms with E-state index in [0.29, 0.717) is 20.8 Å². The van der Waals surface area contributed by atoms with Crippen LogP contribution in [0, 0.1) is 5.41 Å². The molecule has 0 heterocycles. The highest BCUT2D eigenvalue weighted by Crippen LogP contribution is 2.35. The molecule has 0 aromatic heterocycles. The minimum Gasteiger partial charge on any atom is -0.275 e. The van der Waals surface area contributed by atoms with Crippen molar-refractivity contribution in [3.8, 4) is 0 Å². The summed E-state index contributed by atoms with van der Waals surface area (Å²) in [6.45, 7) is 6.60. The fourth-order valence-electron chi connectivity index (χ4n) is 2.54. The summed E-state index contributed by atoms with van der Waals surface area (Å²) >= 11 is 18.1. The average molecular weight is 332 g/mol. The maximum atomic E-state index is 6.12. The molecular weight excluding hydrogens is 315 g/mol. The van der Waals surface area contributed by atoms with Crippen LogP contribution in [0.15, 0.2) is 28.9 Å². The predicted molar refractivity (Wildman–Crippen MR) is 89.3 cm³/mol. The Kier molecular flexibility index (Phi) is 4.68. The van der Waals surface area contributed by atoms with Crippen LogP contribution < -0.4 is 5.43 Å². The van der Waals surface area contributed by atoms with Gasteiger partial charge < -0.3 is 0 Å². The van der Waals surface area contributed by atoms with Crippen LogP contribution in [0.5, 0.6) is 0 Å². The molecule has 0 aliphatic heterocycles. The van der Waals surface area contributed by atoms with Gasteiger partial charge in [-0.25, -0.2) is 0 Å². The van der Waals surface area contributed by atoms with Crippen molar-refractivity contribution >= 4 is 46.2 Å². The molecule has 0 atom stereocenters. The molecule has 20 heavy (non-hydrogen) atoms. The second-order valence-electron chi connectivity index (χ2n) is 5.97. The van der Waals surface area contributed by atoms with Crippen molar-refractivity contribution in [3.63, 3.8) is 0 Å². The summed E-state index contributed by atoms with van der Waals surface area (Å²) in [5, 5.41) is 5.86. The summed E-state index contributed by atoms with van der Waals surface area (Å²) in [6, 6.07) is 3.28. The first-order valence-electron chi connectivity index (χ1n) is 6.41. The van der Waals surface area contributed by atoms with Crippen LogP contribution in [0.1, 0.15) is 33.6 Å². The Hall–Kier alpha value is -0.700. The van der Waals surface area contributed by atoms with Crippen molar-refractivity contribution in [2.75, 3.05) is 5.43 Å². The van der Waals surface area contributed by atoms with Crippen molar-refractivity contribution in [2.45, 2.75) is 33.6 Å². The molecule has 5 heteroatoms. The maximum absolute atomic E-state index is 6.12. The van der Waals surface area contributed by atoms with Gasteiger partial charge in [-0.2, -0.15) is 5.10 Å². The second-order valence-corrected chi connectivity index (χ2v) is 7.22. The summed E-state index contributed by atoms with van der Waals surface area (Å²) in [4.78, 5) is 0. The Balaban J connectivity index is 2.24. The Morgan fingerprint density at radius 2 is 1.70 bits per heavy atom. The standard InChI is InChI=1S/C15H17Cl3N2/c1-9-4-11(8-15(2,3)7-9)19-20-14-12(17)5-10(16)6-13(14)18/h4-6,20H,7-8H2,1-3H3/b19-11-. The number of hydrogen-bond acceptors (Lipinski definition) is 2. The number of hydrazone groups is 1. The summed E-state index contributed by atoms with van der Waals surface area (Å²) in [5.74, 6) is 0. The van der Waals surface area contributed by atoms with E-state index < -0.39 is 0 Å². The molecule has 108 valence electrons. The van der Waals surface area contributed by atoms with E-state index in [-0.39, 0.29) is 5.41 Å².